The second kappa shape index (κ2) is 3.91. The van der Waals surface area contributed by atoms with Crippen molar-refractivity contribution in [3.05, 3.63) is 0 Å². The normalized spacial score (nSPS) is 15.3. The fraction of sp³-hybridized carbons (Fsp3) is 1.00. The van der Waals surface area contributed by atoms with Crippen molar-refractivity contribution >= 4 is 0 Å². The van der Waals surface area contributed by atoms with Gasteiger partial charge >= 0.3 is 0 Å². The molecule has 0 rings (SSSR count). The van der Waals surface area contributed by atoms with Crippen LogP contribution in [0.25, 0.3) is 0 Å². The van der Waals surface area contributed by atoms with E-state index in [0.717, 1.165) is 0 Å². The maximum Gasteiger partial charge on any atom is 0.110 e. The lowest BCUT2D eigenvalue weighted by atomic mass is 10.2. The van der Waals surface area contributed by atoms with E-state index in [1.165, 1.54) is 0 Å². The highest BCUT2D eigenvalue weighted by Gasteiger charge is 2.11. The number of hydrogen-bond acceptors (Lipinski definition) is 3. The molecule has 1 unspecified atom stereocenters. The molecular formula is C7H17NO2. The molecule has 3 N–H and O–H groups in total. The molecule has 0 fully saturated rings. The van der Waals surface area contributed by atoms with Gasteiger partial charge < -0.3 is 10.2 Å². The van der Waals surface area contributed by atoms with E-state index in [2.05, 4.69) is 5.32 Å². The Hall–Kier alpha value is -0.120. The summed E-state index contributed by atoms with van der Waals surface area (Å²) in [6.07, 6.45) is 0. The van der Waals surface area contributed by atoms with Gasteiger partial charge in [0, 0.05) is 13.2 Å². The second-order valence-electron chi connectivity index (χ2n) is 3.23. The van der Waals surface area contributed by atoms with E-state index in [9.17, 15) is 0 Å². The summed E-state index contributed by atoms with van der Waals surface area (Å²) in [6, 6.07) is 0. The van der Waals surface area contributed by atoms with Crippen LogP contribution in [0.5, 0.6) is 0 Å². The van der Waals surface area contributed by atoms with E-state index in [-0.39, 0.29) is 12.5 Å². The number of nitrogens with one attached hydrogen (secondary N) is 1. The predicted octanol–water partition coefficient (Wildman–Crippen LogP) is -0.0672. The smallest absolute Gasteiger partial charge is 0.110 e. The average Bonchev–Trinajstić information content (AvgIpc) is 1.81. The van der Waals surface area contributed by atoms with Gasteiger partial charge in [-0.3, -0.25) is 5.32 Å². The molecule has 3 nitrogen and oxygen atoms in total. The fourth-order valence-corrected chi connectivity index (χ4v) is 0.489. The van der Waals surface area contributed by atoms with Gasteiger partial charge in [-0.1, -0.05) is 6.92 Å². The third kappa shape index (κ3) is 6.01. The molecule has 1 atom stereocenters. The highest BCUT2D eigenvalue weighted by molar-refractivity contribution is 4.64. The lowest BCUT2D eigenvalue weighted by Gasteiger charge is -2.21. The zero-order chi connectivity index (χ0) is 8.20. The Balaban J connectivity index is 3.36. The van der Waals surface area contributed by atoms with Crippen molar-refractivity contribution in [2.24, 2.45) is 5.92 Å². The van der Waals surface area contributed by atoms with Crippen molar-refractivity contribution in [3.8, 4) is 0 Å². The number of hydrogen-bond donors (Lipinski definition) is 3. The first-order chi connectivity index (χ1) is 4.45. The van der Waals surface area contributed by atoms with E-state index in [1.807, 2.05) is 6.92 Å². The summed E-state index contributed by atoms with van der Waals surface area (Å²) >= 11 is 0. The molecule has 3 heteroatoms. The molecule has 0 aliphatic carbocycles. The molecule has 0 saturated heterocycles. The molecule has 0 spiro atoms. The van der Waals surface area contributed by atoms with Crippen LogP contribution >= 0.6 is 0 Å². The Morgan fingerprint density at radius 1 is 1.50 bits per heavy atom. The van der Waals surface area contributed by atoms with Crippen LogP contribution in [0.4, 0.5) is 0 Å². The summed E-state index contributed by atoms with van der Waals surface area (Å²) < 4.78 is 0. The quantitative estimate of drug-likeness (QED) is 0.488. The van der Waals surface area contributed by atoms with Gasteiger partial charge in [-0.2, -0.15) is 0 Å². The standard InChI is InChI=1S/C7H17NO2/c1-6(5-9)4-8-7(2,3)10/h6,8-10H,4-5H2,1-3H3. The molecule has 0 aliphatic rings. The maximum atomic E-state index is 9.17. The van der Waals surface area contributed by atoms with E-state index < -0.39 is 5.72 Å². The van der Waals surface area contributed by atoms with Crippen LogP contribution in [0.3, 0.4) is 0 Å². The van der Waals surface area contributed by atoms with E-state index in [4.69, 9.17) is 10.2 Å². The molecular weight excluding hydrogens is 130 g/mol. The lowest BCUT2D eigenvalue weighted by Crippen LogP contribution is -2.41. The van der Waals surface area contributed by atoms with Gasteiger partial charge in [-0.05, 0) is 19.8 Å². The predicted molar refractivity (Wildman–Crippen MR) is 40.6 cm³/mol. The first-order valence-corrected chi connectivity index (χ1v) is 3.54. The number of aliphatic hydroxyl groups excluding tert-OH is 1. The first kappa shape index (κ1) is 9.88. The van der Waals surface area contributed by atoms with Gasteiger partial charge in [0.05, 0.1) is 0 Å². The summed E-state index contributed by atoms with van der Waals surface area (Å²) in [5.41, 5.74) is -0.830. The van der Waals surface area contributed by atoms with Crippen molar-refractivity contribution in [1.82, 2.24) is 5.32 Å². The molecule has 0 aromatic carbocycles. The minimum atomic E-state index is -0.830. The van der Waals surface area contributed by atoms with Crippen LogP contribution in [0, 0.1) is 5.92 Å². The molecule has 0 bridgehead atoms. The highest BCUT2D eigenvalue weighted by Crippen LogP contribution is 1.96. The summed E-state index contributed by atoms with van der Waals surface area (Å²) in [4.78, 5) is 0. The van der Waals surface area contributed by atoms with Crippen LogP contribution in [0.2, 0.25) is 0 Å². The molecule has 0 aliphatic heterocycles. The van der Waals surface area contributed by atoms with Crippen molar-refractivity contribution in [2.45, 2.75) is 26.5 Å². The first-order valence-electron chi connectivity index (χ1n) is 3.54. The SMILES string of the molecule is CC(CO)CNC(C)(C)O. The van der Waals surface area contributed by atoms with Gasteiger partial charge in [0.15, 0.2) is 0 Å². The molecule has 0 amide bonds. The highest BCUT2D eigenvalue weighted by atomic mass is 16.3. The van der Waals surface area contributed by atoms with Crippen LogP contribution < -0.4 is 5.32 Å². The molecule has 0 aromatic rings. The van der Waals surface area contributed by atoms with Crippen LogP contribution in [-0.4, -0.2) is 29.1 Å². The Morgan fingerprint density at radius 2 is 2.00 bits per heavy atom. The van der Waals surface area contributed by atoms with E-state index >= 15 is 0 Å². The maximum absolute atomic E-state index is 9.17. The van der Waals surface area contributed by atoms with E-state index in [1.54, 1.807) is 13.8 Å². The van der Waals surface area contributed by atoms with Gasteiger partial charge in [-0.25, -0.2) is 0 Å². The minimum absolute atomic E-state index is 0.156. The topological polar surface area (TPSA) is 52.5 Å². The Labute approximate surface area is 62.1 Å². The summed E-state index contributed by atoms with van der Waals surface area (Å²) in [6.45, 7) is 6.07. The number of rotatable bonds is 4. The average molecular weight is 147 g/mol. The van der Waals surface area contributed by atoms with E-state index in [0.29, 0.717) is 6.54 Å². The zero-order valence-electron chi connectivity index (χ0n) is 6.89. The van der Waals surface area contributed by atoms with Gasteiger partial charge in [0.25, 0.3) is 0 Å². The summed E-state index contributed by atoms with van der Waals surface area (Å²) in [5.74, 6) is 0.200. The molecule has 0 radical (unpaired) electrons. The van der Waals surface area contributed by atoms with Crippen LogP contribution in [0.1, 0.15) is 20.8 Å². The monoisotopic (exact) mass is 147 g/mol. The zero-order valence-corrected chi connectivity index (χ0v) is 6.89. The van der Waals surface area contributed by atoms with Crippen molar-refractivity contribution in [1.29, 1.82) is 0 Å². The summed E-state index contributed by atoms with van der Waals surface area (Å²) in [5, 5.41) is 20.6. The van der Waals surface area contributed by atoms with Crippen molar-refractivity contribution in [3.63, 3.8) is 0 Å². The van der Waals surface area contributed by atoms with Crippen LogP contribution in [0.15, 0.2) is 0 Å². The van der Waals surface area contributed by atoms with Crippen molar-refractivity contribution < 1.29 is 10.2 Å². The molecule has 0 saturated carbocycles. The molecule has 0 heterocycles. The Bertz CT molecular complexity index is 88.1. The Morgan fingerprint density at radius 3 is 2.30 bits per heavy atom. The van der Waals surface area contributed by atoms with Gasteiger partial charge in [0.1, 0.15) is 5.72 Å². The fourth-order valence-electron chi connectivity index (χ4n) is 0.489. The second-order valence-corrected chi connectivity index (χ2v) is 3.23. The van der Waals surface area contributed by atoms with Gasteiger partial charge in [0.2, 0.25) is 0 Å². The Kier molecular flexibility index (Phi) is 3.86. The van der Waals surface area contributed by atoms with Gasteiger partial charge in [-0.15, -0.1) is 0 Å². The lowest BCUT2D eigenvalue weighted by molar-refractivity contribution is 0.0372. The third-order valence-corrected chi connectivity index (χ3v) is 1.19. The largest absolute Gasteiger partial charge is 0.396 e. The summed E-state index contributed by atoms with van der Waals surface area (Å²) in [7, 11) is 0. The molecule has 0 aromatic heterocycles. The molecule has 62 valence electrons. The molecule has 10 heavy (non-hydrogen) atoms. The number of aliphatic hydroxyl groups is 2. The van der Waals surface area contributed by atoms with Crippen LogP contribution in [-0.2, 0) is 0 Å². The third-order valence-electron chi connectivity index (χ3n) is 1.19. The van der Waals surface area contributed by atoms with Crippen molar-refractivity contribution in [2.75, 3.05) is 13.2 Å². The minimum Gasteiger partial charge on any atom is -0.396 e.